The first kappa shape index (κ1) is 12.7. The molecule has 0 aliphatic heterocycles. The van der Waals surface area contributed by atoms with Gasteiger partial charge in [-0.05, 0) is 25.0 Å². The largest absolute Gasteiger partial charge is 0.495 e. The van der Waals surface area contributed by atoms with E-state index in [0.29, 0.717) is 11.4 Å². The van der Waals surface area contributed by atoms with E-state index >= 15 is 0 Å². The van der Waals surface area contributed by atoms with Crippen molar-refractivity contribution in [3.8, 4) is 5.75 Å². The highest BCUT2D eigenvalue weighted by atomic mass is 16.7. The lowest BCUT2D eigenvalue weighted by molar-refractivity contribution is 0.00335. The minimum absolute atomic E-state index is 0.147. The Bertz CT molecular complexity index is 403. The van der Waals surface area contributed by atoms with Crippen LogP contribution in [0.5, 0.6) is 5.75 Å². The lowest BCUT2D eigenvalue weighted by Gasteiger charge is -2.13. The highest BCUT2D eigenvalue weighted by Crippen LogP contribution is 2.23. The fourth-order valence-electron chi connectivity index (χ4n) is 2.04. The van der Waals surface area contributed by atoms with Crippen LogP contribution in [0.15, 0.2) is 24.3 Å². The van der Waals surface area contributed by atoms with Crippen LogP contribution in [0.25, 0.3) is 0 Å². The van der Waals surface area contributed by atoms with Crippen molar-refractivity contribution in [1.82, 2.24) is 5.48 Å². The van der Waals surface area contributed by atoms with Crippen LogP contribution in [-0.4, -0.2) is 19.2 Å². The Labute approximate surface area is 106 Å². The standard InChI is InChI=1S/C13H18N2O3/c1-17-12-9-5-4-8-11(12)14-13(16)15-18-10-6-2-3-7-10/h4-5,8-10H,2-3,6-7H2,1H3,(H2,14,15,16). The van der Waals surface area contributed by atoms with Gasteiger partial charge in [-0.3, -0.25) is 4.84 Å². The molecule has 1 aliphatic carbocycles. The van der Waals surface area contributed by atoms with Gasteiger partial charge in [0.2, 0.25) is 0 Å². The van der Waals surface area contributed by atoms with Crippen molar-refractivity contribution >= 4 is 11.7 Å². The van der Waals surface area contributed by atoms with Gasteiger partial charge in [0.15, 0.2) is 0 Å². The number of hydrogen-bond donors (Lipinski definition) is 2. The summed E-state index contributed by atoms with van der Waals surface area (Å²) < 4.78 is 5.14. The van der Waals surface area contributed by atoms with E-state index in [1.54, 1.807) is 19.2 Å². The molecule has 5 nitrogen and oxygen atoms in total. The molecule has 0 unspecified atom stereocenters. The normalized spacial score (nSPS) is 15.4. The van der Waals surface area contributed by atoms with Gasteiger partial charge in [0.05, 0.1) is 18.9 Å². The minimum atomic E-state index is -0.383. The van der Waals surface area contributed by atoms with E-state index in [-0.39, 0.29) is 12.1 Å². The number of urea groups is 1. The van der Waals surface area contributed by atoms with Crippen LogP contribution in [0.1, 0.15) is 25.7 Å². The highest BCUT2D eigenvalue weighted by molar-refractivity contribution is 5.90. The number of hydroxylamine groups is 1. The summed E-state index contributed by atoms with van der Waals surface area (Å²) in [6.45, 7) is 0. The predicted octanol–water partition coefficient (Wildman–Crippen LogP) is 2.69. The van der Waals surface area contributed by atoms with E-state index in [4.69, 9.17) is 9.57 Å². The molecular formula is C13H18N2O3. The average Bonchev–Trinajstić information content (AvgIpc) is 2.90. The number of carbonyl (C=O) groups is 1. The molecule has 18 heavy (non-hydrogen) atoms. The van der Waals surface area contributed by atoms with Gasteiger partial charge in [0.25, 0.3) is 0 Å². The van der Waals surface area contributed by atoms with Gasteiger partial charge in [-0.25, -0.2) is 10.3 Å². The summed E-state index contributed by atoms with van der Waals surface area (Å²) in [5.41, 5.74) is 3.04. The van der Waals surface area contributed by atoms with E-state index in [2.05, 4.69) is 10.8 Å². The first-order valence-electron chi connectivity index (χ1n) is 6.15. The molecule has 1 aliphatic rings. The van der Waals surface area contributed by atoms with Crippen molar-refractivity contribution in [1.29, 1.82) is 0 Å². The Morgan fingerprint density at radius 3 is 2.72 bits per heavy atom. The molecular weight excluding hydrogens is 232 g/mol. The molecule has 2 N–H and O–H groups in total. The molecule has 2 rings (SSSR count). The van der Waals surface area contributed by atoms with E-state index in [1.807, 2.05) is 12.1 Å². The van der Waals surface area contributed by atoms with Crippen LogP contribution < -0.4 is 15.5 Å². The summed E-state index contributed by atoms with van der Waals surface area (Å²) in [7, 11) is 1.56. The van der Waals surface area contributed by atoms with E-state index in [9.17, 15) is 4.79 Å². The molecule has 0 heterocycles. The number of para-hydroxylation sites is 2. The van der Waals surface area contributed by atoms with E-state index in [0.717, 1.165) is 12.8 Å². The summed E-state index contributed by atoms with van der Waals surface area (Å²) in [5, 5.41) is 2.69. The van der Waals surface area contributed by atoms with Crippen LogP contribution in [0.2, 0.25) is 0 Å². The highest BCUT2D eigenvalue weighted by Gasteiger charge is 2.17. The molecule has 1 saturated carbocycles. The van der Waals surface area contributed by atoms with Crippen molar-refractivity contribution in [2.75, 3.05) is 12.4 Å². The first-order valence-corrected chi connectivity index (χ1v) is 6.15. The molecule has 5 heteroatoms. The van der Waals surface area contributed by atoms with Crippen molar-refractivity contribution in [3.63, 3.8) is 0 Å². The number of carbonyl (C=O) groups excluding carboxylic acids is 1. The zero-order chi connectivity index (χ0) is 12.8. The summed E-state index contributed by atoms with van der Waals surface area (Å²) in [4.78, 5) is 16.9. The molecule has 0 atom stereocenters. The third-order valence-electron chi connectivity index (χ3n) is 2.98. The van der Waals surface area contributed by atoms with Crippen LogP contribution in [-0.2, 0) is 4.84 Å². The number of hydrogen-bond acceptors (Lipinski definition) is 3. The van der Waals surface area contributed by atoms with Crippen molar-refractivity contribution < 1.29 is 14.4 Å². The van der Waals surface area contributed by atoms with Crippen LogP contribution in [0.3, 0.4) is 0 Å². The number of rotatable bonds is 4. The molecule has 98 valence electrons. The quantitative estimate of drug-likeness (QED) is 0.808. The topological polar surface area (TPSA) is 59.6 Å². The fourth-order valence-corrected chi connectivity index (χ4v) is 2.04. The molecule has 2 amide bonds. The lowest BCUT2D eigenvalue weighted by Crippen LogP contribution is -2.32. The number of anilines is 1. The maximum absolute atomic E-state index is 11.6. The summed E-state index contributed by atoms with van der Waals surface area (Å²) in [5.74, 6) is 0.619. The Morgan fingerprint density at radius 2 is 2.00 bits per heavy atom. The Balaban J connectivity index is 1.82. The third-order valence-corrected chi connectivity index (χ3v) is 2.98. The Hall–Kier alpha value is -1.75. The predicted molar refractivity (Wildman–Crippen MR) is 68.5 cm³/mol. The number of ether oxygens (including phenoxy) is 1. The van der Waals surface area contributed by atoms with Crippen LogP contribution in [0.4, 0.5) is 10.5 Å². The van der Waals surface area contributed by atoms with Gasteiger partial charge in [-0.1, -0.05) is 25.0 Å². The zero-order valence-corrected chi connectivity index (χ0v) is 10.4. The van der Waals surface area contributed by atoms with Crippen molar-refractivity contribution in [2.45, 2.75) is 31.8 Å². The summed E-state index contributed by atoms with van der Waals surface area (Å²) in [6, 6.07) is 6.85. The summed E-state index contributed by atoms with van der Waals surface area (Å²) in [6.07, 6.45) is 4.50. The molecule has 0 radical (unpaired) electrons. The smallest absolute Gasteiger partial charge is 0.343 e. The van der Waals surface area contributed by atoms with E-state index in [1.165, 1.54) is 12.8 Å². The van der Waals surface area contributed by atoms with Crippen LogP contribution in [0, 0.1) is 0 Å². The lowest BCUT2D eigenvalue weighted by atomic mass is 10.3. The summed E-state index contributed by atoms with van der Waals surface area (Å²) >= 11 is 0. The molecule has 0 aromatic heterocycles. The molecule has 1 aromatic rings. The number of amides is 2. The second-order valence-corrected chi connectivity index (χ2v) is 4.28. The minimum Gasteiger partial charge on any atom is -0.495 e. The van der Waals surface area contributed by atoms with Gasteiger partial charge >= 0.3 is 6.03 Å². The van der Waals surface area contributed by atoms with Gasteiger partial charge in [-0.15, -0.1) is 0 Å². The number of benzene rings is 1. The second kappa shape index (κ2) is 6.26. The van der Waals surface area contributed by atoms with Gasteiger partial charge in [0.1, 0.15) is 5.75 Å². The maximum atomic E-state index is 11.6. The van der Waals surface area contributed by atoms with Crippen molar-refractivity contribution in [3.05, 3.63) is 24.3 Å². The first-order chi connectivity index (χ1) is 8.79. The maximum Gasteiger partial charge on any atom is 0.343 e. The Kier molecular flexibility index (Phi) is 4.41. The molecule has 1 aromatic carbocycles. The fraction of sp³-hybridized carbons (Fsp3) is 0.462. The number of nitrogens with one attached hydrogen (secondary N) is 2. The van der Waals surface area contributed by atoms with Gasteiger partial charge in [-0.2, -0.15) is 0 Å². The van der Waals surface area contributed by atoms with Crippen LogP contribution >= 0.6 is 0 Å². The van der Waals surface area contributed by atoms with Crippen molar-refractivity contribution in [2.24, 2.45) is 0 Å². The molecule has 1 fully saturated rings. The molecule has 0 spiro atoms. The monoisotopic (exact) mass is 250 g/mol. The zero-order valence-electron chi connectivity index (χ0n) is 10.4. The van der Waals surface area contributed by atoms with Gasteiger partial charge in [0, 0.05) is 0 Å². The molecule has 0 bridgehead atoms. The van der Waals surface area contributed by atoms with Gasteiger partial charge < -0.3 is 10.1 Å². The third kappa shape index (κ3) is 3.37. The average molecular weight is 250 g/mol. The molecule has 0 saturated heterocycles. The van der Waals surface area contributed by atoms with E-state index < -0.39 is 0 Å². The SMILES string of the molecule is COc1ccccc1NC(=O)NOC1CCCC1. The number of methoxy groups -OCH3 is 1. The Morgan fingerprint density at radius 1 is 1.28 bits per heavy atom. The second-order valence-electron chi connectivity index (χ2n) is 4.28.